The Morgan fingerprint density at radius 1 is 1.31 bits per heavy atom. The molecule has 2 heterocycles. The molecular formula is C18H20ClN5O2. The molecule has 7 nitrogen and oxygen atoms in total. The van der Waals surface area contributed by atoms with Crippen LogP contribution in [0.1, 0.15) is 17.7 Å². The molecule has 136 valence electrons. The number of rotatable bonds is 7. The Labute approximate surface area is 156 Å². The van der Waals surface area contributed by atoms with Gasteiger partial charge < -0.3 is 10.1 Å². The molecule has 1 N–H and O–H groups in total. The van der Waals surface area contributed by atoms with E-state index in [1.807, 2.05) is 31.2 Å². The summed E-state index contributed by atoms with van der Waals surface area (Å²) in [6.07, 6.45) is 5.45. The van der Waals surface area contributed by atoms with E-state index < -0.39 is 0 Å². The molecule has 0 bridgehead atoms. The van der Waals surface area contributed by atoms with Crippen LogP contribution in [0.2, 0.25) is 5.02 Å². The maximum Gasteiger partial charge on any atom is 0.226 e. The number of halogens is 1. The summed E-state index contributed by atoms with van der Waals surface area (Å²) in [5.74, 6) is 0.701. The molecule has 3 rings (SSSR count). The van der Waals surface area contributed by atoms with E-state index in [0.717, 1.165) is 17.0 Å². The highest BCUT2D eigenvalue weighted by molar-refractivity contribution is 6.31. The Morgan fingerprint density at radius 3 is 2.88 bits per heavy atom. The van der Waals surface area contributed by atoms with Crippen LogP contribution >= 0.6 is 11.6 Å². The fourth-order valence-corrected chi connectivity index (χ4v) is 2.67. The normalized spacial score (nSPS) is 10.7. The van der Waals surface area contributed by atoms with Crippen molar-refractivity contribution in [2.24, 2.45) is 0 Å². The van der Waals surface area contributed by atoms with Gasteiger partial charge in [0.15, 0.2) is 0 Å². The van der Waals surface area contributed by atoms with Crippen LogP contribution in [-0.2, 0) is 17.9 Å². The van der Waals surface area contributed by atoms with Gasteiger partial charge in [-0.05, 0) is 24.6 Å². The number of aryl methyl sites for hydroxylation is 2. The molecule has 0 radical (unpaired) electrons. The molecule has 3 aromatic rings. The highest BCUT2D eigenvalue weighted by Gasteiger charge is 2.08. The van der Waals surface area contributed by atoms with Crippen molar-refractivity contribution >= 4 is 23.2 Å². The standard InChI is InChI=1S/C18H20ClN5O2/c1-13-17(19)12-23(22-13)7-6-18(25)21-15-9-20-24(11-15)10-14-4-3-5-16(8-14)26-2/h3-5,8-9,11-12H,6-7,10H2,1-2H3,(H,21,25). The molecule has 8 heteroatoms. The monoisotopic (exact) mass is 373 g/mol. The van der Waals surface area contributed by atoms with Gasteiger partial charge >= 0.3 is 0 Å². The Hall–Kier alpha value is -2.80. The molecule has 1 aromatic carbocycles. The van der Waals surface area contributed by atoms with E-state index in [2.05, 4.69) is 15.5 Å². The summed E-state index contributed by atoms with van der Waals surface area (Å²) in [6, 6.07) is 7.78. The number of carbonyl (C=O) groups is 1. The predicted molar refractivity (Wildman–Crippen MR) is 99.5 cm³/mol. The number of benzene rings is 1. The van der Waals surface area contributed by atoms with Gasteiger partial charge in [0.1, 0.15) is 5.75 Å². The minimum Gasteiger partial charge on any atom is -0.497 e. The molecule has 0 unspecified atom stereocenters. The first-order valence-corrected chi connectivity index (χ1v) is 8.56. The van der Waals surface area contributed by atoms with Crippen LogP contribution in [0, 0.1) is 6.92 Å². The molecule has 0 aliphatic rings. The smallest absolute Gasteiger partial charge is 0.226 e. The van der Waals surface area contributed by atoms with Crippen molar-refractivity contribution in [2.45, 2.75) is 26.4 Å². The molecule has 26 heavy (non-hydrogen) atoms. The zero-order valence-electron chi connectivity index (χ0n) is 14.6. The first kappa shape index (κ1) is 18.0. The first-order valence-electron chi connectivity index (χ1n) is 8.18. The summed E-state index contributed by atoms with van der Waals surface area (Å²) in [7, 11) is 1.64. The second kappa shape index (κ2) is 8.05. The van der Waals surface area contributed by atoms with E-state index in [-0.39, 0.29) is 5.91 Å². The van der Waals surface area contributed by atoms with E-state index in [0.29, 0.717) is 30.2 Å². The molecule has 2 aromatic heterocycles. The SMILES string of the molecule is COc1cccc(Cn2cc(NC(=O)CCn3cc(Cl)c(C)n3)cn2)c1. The minimum absolute atomic E-state index is 0.102. The van der Waals surface area contributed by atoms with Crippen LogP contribution < -0.4 is 10.1 Å². The third kappa shape index (κ3) is 4.64. The van der Waals surface area contributed by atoms with E-state index in [9.17, 15) is 4.79 Å². The topological polar surface area (TPSA) is 74.0 Å². The third-order valence-corrected chi connectivity index (χ3v) is 4.22. The summed E-state index contributed by atoms with van der Waals surface area (Å²) in [5.41, 5.74) is 2.48. The Bertz CT molecular complexity index is 883. The van der Waals surface area contributed by atoms with Crippen LogP contribution in [0.25, 0.3) is 0 Å². The number of anilines is 1. The molecule has 0 spiro atoms. The molecule has 0 fully saturated rings. The first-order chi connectivity index (χ1) is 12.5. The number of nitrogens with one attached hydrogen (secondary N) is 1. The van der Waals surface area contributed by atoms with Crippen molar-refractivity contribution < 1.29 is 9.53 Å². The number of ether oxygens (including phenoxy) is 1. The molecular weight excluding hydrogens is 354 g/mol. The maximum atomic E-state index is 12.1. The minimum atomic E-state index is -0.102. The Balaban J connectivity index is 1.53. The lowest BCUT2D eigenvalue weighted by Crippen LogP contribution is -2.14. The van der Waals surface area contributed by atoms with Gasteiger partial charge in [-0.2, -0.15) is 10.2 Å². The molecule has 0 aliphatic heterocycles. The number of hydrogen-bond donors (Lipinski definition) is 1. The van der Waals surface area contributed by atoms with Crippen LogP contribution in [0.15, 0.2) is 42.9 Å². The number of aromatic nitrogens is 4. The van der Waals surface area contributed by atoms with E-state index in [4.69, 9.17) is 16.3 Å². The second-order valence-corrected chi connectivity index (χ2v) is 6.31. The summed E-state index contributed by atoms with van der Waals surface area (Å²) in [6.45, 7) is 2.89. The van der Waals surface area contributed by atoms with E-state index in [1.165, 1.54) is 0 Å². The molecule has 0 saturated heterocycles. The van der Waals surface area contributed by atoms with Gasteiger partial charge in [0.2, 0.25) is 5.91 Å². The fourth-order valence-electron chi connectivity index (χ4n) is 2.52. The van der Waals surface area contributed by atoms with Crippen molar-refractivity contribution in [3.63, 3.8) is 0 Å². The van der Waals surface area contributed by atoms with E-state index >= 15 is 0 Å². The van der Waals surface area contributed by atoms with Gasteiger partial charge in [-0.1, -0.05) is 23.7 Å². The molecule has 1 amide bonds. The van der Waals surface area contributed by atoms with E-state index in [1.54, 1.807) is 35.1 Å². The largest absolute Gasteiger partial charge is 0.497 e. The number of hydrogen-bond acceptors (Lipinski definition) is 4. The van der Waals surface area contributed by atoms with Gasteiger partial charge in [0.25, 0.3) is 0 Å². The summed E-state index contributed by atoms with van der Waals surface area (Å²) in [4.78, 5) is 12.1. The van der Waals surface area contributed by atoms with Crippen molar-refractivity contribution in [3.05, 3.63) is 59.1 Å². The fraction of sp³-hybridized carbons (Fsp3) is 0.278. The predicted octanol–water partition coefficient (Wildman–Crippen LogP) is 3.13. The van der Waals surface area contributed by atoms with Gasteiger partial charge in [-0.3, -0.25) is 14.2 Å². The van der Waals surface area contributed by atoms with Crippen LogP contribution in [-0.4, -0.2) is 32.6 Å². The average molecular weight is 374 g/mol. The van der Waals surface area contributed by atoms with Gasteiger partial charge in [-0.15, -0.1) is 0 Å². The summed E-state index contributed by atoms with van der Waals surface area (Å²) < 4.78 is 8.66. The van der Waals surface area contributed by atoms with Crippen LogP contribution in [0.4, 0.5) is 5.69 Å². The number of amides is 1. The number of nitrogens with zero attached hydrogens (tertiary/aromatic N) is 4. The molecule has 0 atom stereocenters. The summed E-state index contributed by atoms with van der Waals surface area (Å²) in [5, 5.41) is 12.0. The molecule has 0 aliphatic carbocycles. The average Bonchev–Trinajstić information content (AvgIpc) is 3.19. The zero-order chi connectivity index (χ0) is 18.5. The summed E-state index contributed by atoms with van der Waals surface area (Å²) >= 11 is 5.96. The van der Waals surface area contributed by atoms with Crippen molar-refractivity contribution in [1.29, 1.82) is 0 Å². The Morgan fingerprint density at radius 2 is 2.15 bits per heavy atom. The highest BCUT2D eigenvalue weighted by atomic mass is 35.5. The maximum absolute atomic E-state index is 12.1. The lowest BCUT2D eigenvalue weighted by Gasteiger charge is -2.05. The third-order valence-electron chi connectivity index (χ3n) is 3.85. The van der Waals surface area contributed by atoms with Gasteiger partial charge in [0, 0.05) is 25.4 Å². The van der Waals surface area contributed by atoms with Crippen LogP contribution in [0.3, 0.4) is 0 Å². The van der Waals surface area contributed by atoms with Crippen molar-refractivity contribution in [2.75, 3.05) is 12.4 Å². The van der Waals surface area contributed by atoms with Gasteiger partial charge in [0.05, 0.1) is 36.3 Å². The highest BCUT2D eigenvalue weighted by Crippen LogP contribution is 2.15. The lowest BCUT2D eigenvalue weighted by molar-refractivity contribution is -0.116. The Kier molecular flexibility index (Phi) is 5.58. The second-order valence-electron chi connectivity index (χ2n) is 5.90. The van der Waals surface area contributed by atoms with Crippen molar-refractivity contribution in [1.82, 2.24) is 19.6 Å². The molecule has 0 saturated carbocycles. The van der Waals surface area contributed by atoms with Gasteiger partial charge in [-0.25, -0.2) is 0 Å². The number of methoxy groups -OCH3 is 1. The quantitative estimate of drug-likeness (QED) is 0.690. The van der Waals surface area contributed by atoms with Crippen LogP contribution in [0.5, 0.6) is 5.75 Å². The number of carbonyl (C=O) groups excluding carboxylic acids is 1. The van der Waals surface area contributed by atoms with Crippen molar-refractivity contribution in [3.8, 4) is 5.75 Å². The zero-order valence-corrected chi connectivity index (χ0v) is 15.4. The lowest BCUT2D eigenvalue weighted by atomic mass is 10.2.